The van der Waals surface area contributed by atoms with Gasteiger partial charge in [0, 0.05) is 24.5 Å². The molecular formula is C27H25BrN2O6. The maximum absolute atomic E-state index is 13.3. The number of rotatable bonds is 8. The van der Waals surface area contributed by atoms with Gasteiger partial charge in [0.1, 0.15) is 11.5 Å². The van der Waals surface area contributed by atoms with Gasteiger partial charge < -0.3 is 24.6 Å². The van der Waals surface area contributed by atoms with Crippen molar-refractivity contribution < 1.29 is 29.3 Å². The Kier molecular flexibility index (Phi) is 7.59. The molecule has 1 aliphatic heterocycles. The number of phenols is 1. The van der Waals surface area contributed by atoms with Crippen LogP contribution in [0, 0.1) is 0 Å². The lowest BCUT2D eigenvalue weighted by Crippen LogP contribution is -2.29. The second-order valence-electron chi connectivity index (χ2n) is 8.21. The molecule has 0 bridgehead atoms. The number of Topliss-reactive ketones (excluding diaryl/α,β-unsaturated/α-hetero) is 1. The molecule has 4 rings (SSSR count). The number of carbonyl (C=O) groups is 2. The Balaban J connectivity index is 1.88. The molecule has 2 N–H and O–H groups in total. The number of aromatic nitrogens is 1. The topological polar surface area (TPSA) is 109 Å². The van der Waals surface area contributed by atoms with Crippen LogP contribution in [0.3, 0.4) is 0 Å². The zero-order valence-electron chi connectivity index (χ0n) is 19.8. The first kappa shape index (κ1) is 25.2. The van der Waals surface area contributed by atoms with E-state index in [1.54, 1.807) is 60.9 Å². The van der Waals surface area contributed by atoms with Crippen LogP contribution in [0.4, 0.5) is 0 Å². The summed E-state index contributed by atoms with van der Waals surface area (Å²) >= 11 is 3.32. The Labute approximate surface area is 216 Å². The van der Waals surface area contributed by atoms with Gasteiger partial charge in [0.25, 0.3) is 11.7 Å². The van der Waals surface area contributed by atoms with Crippen LogP contribution in [0.5, 0.6) is 17.2 Å². The number of pyridine rings is 1. The molecule has 8 nitrogen and oxygen atoms in total. The average Bonchev–Trinajstić information content (AvgIpc) is 3.14. The van der Waals surface area contributed by atoms with Crippen molar-refractivity contribution in [3.05, 3.63) is 87.7 Å². The number of likely N-dealkylation sites (tertiary alicyclic amines) is 1. The van der Waals surface area contributed by atoms with Gasteiger partial charge in [-0.25, -0.2) is 0 Å². The van der Waals surface area contributed by atoms with E-state index < -0.39 is 17.7 Å². The number of methoxy groups -OCH3 is 1. The molecule has 1 aromatic heterocycles. The standard InChI is InChI=1S/C27H25BrN2O6/c1-3-11-36-19-6-4-5-17(12-19)24(31)22-23(18-13-20(28)25(32)21(14-18)35-2)30(27(34)26(22)33)15-16-7-9-29-10-8-16/h4-10,12-14,23,31-32H,3,11,15H2,1-2H3/b24-22+. The molecule has 1 unspecified atom stereocenters. The summed E-state index contributed by atoms with van der Waals surface area (Å²) in [6, 6.07) is 12.4. The number of aliphatic hydroxyl groups excluding tert-OH is 1. The number of aliphatic hydroxyl groups is 1. The summed E-state index contributed by atoms with van der Waals surface area (Å²) in [5, 5.41) is 21.7. The zero-order chi connectivity index (χ0) is 25.8. The molecule has 2 heterocycles. The Morgan fingerprint density at radius 1 is 1.14 bits per heavy atom. The summed E-state index contributed by atoms with van der Waals surface area (Å²) in [5.74, 6) is -1.30. The molecule has 0 aliphatic carbocycles. The molecule has 1 amide bonds. The van der Waals surface area contributed by atoms with Crippen molar-refractivity contribution in [1.82, 2.24) is 9.88 Å². The predicted octanol–water partition coefficient (Wildman–Crippen LogP) is 4.97. The van der Waals surface area contributed by atoms with Crippen LogP contribution in [0.1, 0.15) is 36.1 Å². The van der Waals surface area contributed by atoms with Gasteiger partial charge in [-0.05, 0) is 69.9 Å². The van der Waals surface area contributed by atoms with Crippen LogP contribution in [0.15, 0.2) is 71.0 Å². The molecule has 186 valence electrons. The fourth-order valence-corrected chi connectivity index (χ4v) is 4.55. The molecule has 1 aliphatic rings. The minimum atomic E-state index is -0.941. The number of phenolic OH excluding ortho intramolecular Hbond substituents is 1. The molecule has 36 heavy (non-hydrogen) atoms. The maximum Gasteiger partial charge on any atom is 0.295 e. The van der Waals surface area contributed by atoms with Gasteiger partial charge in [-0.3, -0.25) is 14.6 Å². The van der Waals surface area contributed by atoms with E-state index in [1.807, 2.05) is 6.92 Å². The van der Waals surface area contributed by atoms with E-state index in [-0.39, 0.29) is 29.4 Å². The van der Waals surface area contributed by atoms with Gasteiger partial charge in [0.05, 0.1) is 29.8 Å². The van der Waals surface area contributed by atoms with E-state index in [0.29, 0.717) is 28.0 Å². The average molecular weight is 553 g/mol. The van der Waals surface area contributed by atoms with Crippen molar-refractivity contribution in [2.24, 2.45) is 0 Å². The molecule has 1 fully saturated rings. The number of halogens is 1. The molecule has 9 heteroatoms. The molecule has 2 aromatic carbocycles. The lowest BCUT2D eigenvalue weighted by atomic mass is 9.94. The number of ketones is 1. The summed E-state index contributed by atoms with van der Waals surface area (Å²) in [6.45, 7) is 2.59. The van der Waals surface area contributed by atoms with Gasteiger partial charge >= 0.3 is 0 Å². The highest BCUT2D eigenvalue weighted by atomic mass is 79.9. The van der Waals surface area contributed by atoms with Crippen molar-refractivity contribution in [1.29, 1.82) is 0 Å². The number of hydrogen-bond acceptors (Lipinski definition) is 7. The van der Waals surface area contributed by atoms with Gasteiger partial charge in [-0.1, -0.05) is 19.1 Å². The van der Waals surface area contributed by atoms with Crippen molar-refractivity contribution in [3.8, 4) is 17.2 Å². The number of benzene rings is 2. The molecule has 0 radical (unpaired) electrons. The minimum Gasteiger partial charge on any atom is -0.507 e. The lowest BCUT2D eigenvalue weighted by Gasteiger charge is -2.26. The summed E-state index contributed by atoms with van der Waals surface area (Å²) in [4.78, 5) is 32.0. The van der Waals surface area contributed by atoms with Crippen LogP contribution >= 0.6 is 15.9 Å². The van der Waals surface area contributed by atoms with Gasteiger partial charge in [-0.15, -0.1) is 0 Å². The van der Waals surface area contributed by atoms with Crippen molar-refractivity contribution >= 4 is 33.4 Å². The highest BCUT2D eigenvalue weighted by Gasteiger charge is 2.46. The Bertz CT molecular complexity index is 1330. The summed E-state index contributed by atoms with van der Waals surface area (Å²) in [7, 11) is 1.40. The van der Waals surface area contributed by atoms with Crippen LogP contribution in [-0.4, -0.2) is 45.5 Å². The highest BCUT2D eigenvalue weighted by molar-refractivity contribution is 9.10. The monoisotopic (exact) mass is 552 g/mol. The molecule has 1 atom stereocenters. The molecular weight excluding hydrogens is 528 g/mol. The van der Waals surface area contributed by atoms with Crippen molar-refractivity contribution in [2.75, 3.05) is 13.7 Å². The van der Waals surface area contributed by atoms with Gasteiger partial charge in [-0.2, -0.15) is 0 Å². The Morgan fingerprint density at radius 3 is 2.58 bits per heavy atom. The first-order chi connectivity index (χ1) is 17.3. The maximum atomic E-state index is 13.3. The summed E-state index contributed by atoms with van der Waals surface area (Å²) < 4.78 is 11.3. The van der Waals surface area contributed by atoms with E-state index >= 15 is 0 Å². The number of aromatic hydroxyl groups is 1. The SMILES string of the molecule is CCCOc1cccc(/C(O)=C2\C(=O)C(=O)N(Cc3ccncc3)C2c2cc(Br)c(O)c(OC)c2)c1. The Hall–Kier alpha value is -3.85. The highest BCUT2D eigenvalue weighted by Crippen LogP contribution is 2.45. The third-order valence-corrected chi connectivity index (χ3v) is 6.41. The fourth-order valence-electron chi connectivity index (χ4n) is 4.09. The van der Waals surface area contributed by atoms with Crippen LogP contribution in [0.2, 0.25) is 0 Å². The summed E-state index contributed by atoms with van der Waals surface area (Å²) in [5.41, 5.74) is 1.52. The van der Waals surface area contributed by atoms with E-state index in [1.165, 1.54) is 12.0 Å². The predicted molar refractivity (Wildman–Crippen MR) is 137 cm³/mol. The third-order valence-electron chi connectivity index (χ3n) is 5.81. The number of ether oxygens (including phenoxy) is 2. The first-order valence-corrected chi connectivity index (χ1v) is 12.1. The number of amides is 1. The van der Waals surface area contributed by atoms with E-state index in [4.69, 9.17) is 9.47 Å². The zero-order valence-corrected chi connectivity index (χ0v) is 21.4. The lowest BCUT2D eigenvalue weighted by molar-refractivity contribution is -0.140. The van der Waals surface area contributed by atoms with Crippen LogP contribution in [-0.2, 0) is 16.1 Å². The smallest absolute Gasteiger partial charge is 0.295 e. The fraction of sp³-hybridized carbons (Fsp3) is 0.222. The number of carbonyl (C=O) groups excluding carboxylic acids is 2. The van der Waals surface area contributed by atoms with Crippen LogP contribution in [0.25, 0.3) is 5.76 Å². The minimum absolute atomic E-state index is 0.0682. The second-order valence-corrected chi connectivity index (χ2v) is 9.07. The van der Waals surface area contributed by atoms with E-state index in [0.717, 1.165) is 12.0 Å². The molecule has 1 saturated heterocycles. The normalized spacial score (nSPS) is 16.9. The van der Waals surface area contributed by atoms with E-state index in [9.17, 15) is 19.8 Å². The first-order valence-electron chi connectivity index (χ1n) is 11.3. The number of nitrogens with zero attached hydrogens (tertiary/aromatic N) is 2. The largest absolute Gasteiger partial charge is 0.507 e. The molecule has 0 saturated carbocycles. The summed E-state index contributed by atoms with van der Waals surface area (Å²) in [6.07, 6.45) is 4.01. The second kappa shape index (κ2) is 10.8. The van der Waals surface area contributed by atoms with Gasteiger partial charge in [0.2, 0.25) is 0 Å². The number of hydrogen-bond donors (Lipinski definition) is 2. The van der Waals surface area contributed by atoms with Gasteiger partial charge in [0.15, 0.2) is 11.5 Å². The third kappa shape index (κ3) is 4.92. The molecule has 0 spiro atoms. The van der Waals surface area contributed by atoms with Crippen molar-refractivity contribution in [2.45, 2.75) is 25.9 Å². The molecule has 3 aromatic rings. The van der Waals surface area contributed by atoms with E-state index in [2.05, 4.69) is 20.9 Å². The Morgan fingerprint density at radius 2 is 1.89 bits per heavy atom. The van der Waals surface area contributed by atoms with Crippen LogP contribution < -0.4 is 9.47 Å². The van der Waals surface area contributed by atoms with Crippen molar-refractivity contribution in [3.63, 3.8) is 0 Å². The quantitative estimate of drug-likeness (QED) is 0.230.